The van der Waals surface area contributed by atoms with E-state index in [-0.39, 0.29) is 25.3 Å². The zero-order valence-electron chi connectivity index (χ0n) is 9.13. The Kier molecular flexibility index (Phi) is 9.94. The summed E-state index contributed by atoms with van der Waals surface area (Å²) >= 11 is 0. The molecule has 0 spiro atoms. The van der Waals surface area contributed by atoms with Crippen LogP contribution in [0.5, 0.6) is 0 Å². The van der Waals surface area contributed by atoms with Gasteiger partial charge in [-0.05, 0) is 0 Å². The molecule has 2 N–H and O–H groups in total. The minimum Gasteiger partial charge on any atom is -0.460 e. The highest BCUT2D eigenvalue weighted by atomic mass is 16.6. The molecule has 0 saturated carbocycles. The van der Waals surface area contributed by atoms with Gasteiger partial charge in [-0.1, -0.05) is 6.58 Å². The van der Waals surface area contributed by atoms with Crippen molar-refractivity contribution >= 4 is 5.97 Å². The second-order valence-corrected chi connectivity index (χ2v) is 2.85. The predicted octanol–water partition coefficient (Wildman–Crippen LogP) is -0.898. The molecule has 1 unspecified atom stereocenters. The largest absolute Gasteiger partial charge is 0.460 e. The van der Waals surface area contributed by atoms with Gasteiger partial charge in [0.1, 0.15) is 12.7 Å². The van der Waals surface area contributed by atoms with Crippen LogP contribution in [0.3, 0.4) is 0 Å². The highest BCUT2D eigenvalue weighted by Gasteiger charge is 2.23. The van der Waals surface area contributed by atoms with Crippen molar-refractivity contribution in [3.63, 3.8) is 0 Å². The van der Waals surface area contributed by atoms with Gasteiger partial charge in [-0.15, -0.1) is 0 Å². The highest BCUT2D eigenvalue weighted by molar-refractivity contribution is 5.81. The lowest BCUT2D eigenvalue weighted by Gasteiger charge is -1.94. The lowest BCUT2D eigenvalue weighted by atomic mass is 10.5. The summed E-state index contributed by atoms with van der Waals surface area (Å²) in [4.78, 5) is 10.3. The topological polar surface area (TPSA) is 88.5 Å². The van der Waals surface area contributed by atoms with Crippen LogP contribution in [-0.4, -0.2) is 61.9 Å². The summed E-state index contributed by atoms with van der Waals surface area (Å²) in [5.74, 6) is -0.384. The van der Waals surface area contributed by atoms with Crippen LogP contribution < -0.4 is 0 Å². The molecule has 0 bridgehead atoms. The molecule has 0 aromatic rings. The first-order valence-electron chi connectivity index (χ1n) is 4.94. The van der Waals surface area contributed by atoms with E-state index >= 15 is 0 Å². The molecule has 1 saturated heterocycles. The molecule has 1 aliphatic rings. The van der Waals surface area contributed by atoms with Crippen LogP contribution in [-0.2, 0) is 19.0 Å². The normalized spacial score (nSPS) is 17.0. The van der Waals surface area contributed by atoms with E-state index in [4.69, 9.17) is 14.9 Å². The summed E-state index contributed by atoms with van der Waals surface area (Å²) < 4.78 is 14.1. The number of carbonyl (C=O) groups is 1. The Bertz CT molecular complexity index is 186. The third kappa shape index (κ3) is 11.1. The lowest BCUT2D eigenvalue weighted by molar-refractivity contribution is -0.138. The van der Waals surface area contributed by atoms with Crippen molar-refractivity contribution in [2.75, 3.05) is 39.6 Å². The van der Waals surface area contributed by atoms with Gasteiger partial charge in [0.15, 0.2) is 0 Å². The second kappa shape index (κ2) is 10.6. The van der Waals surface area contributed by atoms with Gasteiger partial charge in [0.2, 0.25) is 0 Å². The van der Waals surface area contributed by atoms with E-state index in [1.807, 2.05) is 0 Å². The number of aliphatic hydroxyl groups excluding tert-OH is 2. The molecule has 0 aliphatic carbocycles. The minimum atomic E-state index is -0.384. The molecule has 16 heavy (non-hydrogen) atoms. The van der Waals surface area contributed by atoms with Crippen molar-refractivity contribution in [1.82, 2.24) is 0 Å². The molecule has 1 atom stereocenters. The quantitative estimate of drug-likeness (QED) is 0.257. The van der Waals surface area contributed by atoms with Gasteiger partial charge in [0.25, 0.3) is 0 Å². The first kappa shape index (κ1) is 15.0. The number of rotatable bonds is 7. The van der Waals surface area contributed by atoms with Gasteiger partial charge < -0.3 is 24.4 Å². The van der Waals surface area contributed by atoms with Gasteiger partial charge >= 0.3 is 5.97 Å². The molecule has 0 aromatic heterocycles. The zero-order chi connectivity index (χ0) is 12.2. The minimum absolute atomic E-state index is 0.0278. The van der Waals surface area contributed by atoms with Crippen LogP contribution in [0.1, 0.15) is 0 Å². The molecule has 1 rings (SSSR count). The zero-order valence-corrected chi connectivity index (χ0v) is 9.13. The van der Waals surface area contributed by atoms with E-state index < -0.39 is 0 Å². The van der Waals surface area contributed by atoms with Crippen LogP contribution in [0, 0.1) is 0 Å². The number of hydrogen-bond acceptors (Lipinski definition) is 6. The number of hydrogen-bond donors (Lipinski definition) is 2. The molecule has 1 heterocycles. The molecular weight excluding hydrogens is 216 g/mol. The van der Waals surface area contributed by atoms with Gasteiger partial charge in [-0.25, -0.2) is 4.79 Å². The molecule has 6 heteroatoms. The average molecular weight is 234 g/mol. The molecule has 0 aromatic carbocycles. The smallest absolute Gasteiger partial charge is 0.330 e. The van der Waals surface area contributed by atoms with Gasteiger partial charge in [-0.3, -0.25) is 0 Å². The van der Waals surface area contributed by atoms with E-state index in [1.165, 1.54) is 0 Å². The Hall–Kier alpha value is -0.950. The fourth-order valence-electron chi connectivity index (χ4n) is 0.629. The summed E-state index contributed by atoms with van der Waals surface area (Å²) in [6, 6.07) is 0. The number of ether oxygens (including phenoxy) is 3. The Morgan fingerprint density at radius 2 is 2.00 bits per heavy atom. The van der Waals surface area contributed by atoms with E-state index in [0.717, 1.165) is 6.08 Å². The molecular formula is C10H18O6. The molecule has 1 fully saturated rings. The van der Waals surface area contributed by atoms with Crippen LogP contribution in [0.25, 0.3) is 0 Å². The number of carbonyl (C=O) groups excluding carboxylic acids is 1. The average Bonchev–Trinajstić information content (AvgIpc) is 3.11. The third-order valence-electron chi connectivity index (χ3n) is 1.45. The highest BCUT2D eigenvalue weighted by Crippen LogP contribution is 2.08. The first-order valence-corrected chi connectivity index (χ1v) is 4.94. The standard InChI is InChI=1S/C6H8O3.C4H10O3/c1-2-6(7)9-4-5-3-8-5;5-1-3-7-4-2-6/h2,5H,1,3-4H2;5-6H,1-4H2. The monoisotopic (exact) mass is 234 g/mol. The van der Waals surface area contributed by atoms with Crippen molar-refractivity contribution in [3.8, 4) is 0 Å². The van der Waals surface area contributed by atoms with Crippen molar-refractivity contribution in [2.24, 2.45) is 0 Å². The van der Waals surface area contributed by atoms with Crippen molar-refractivity contribution in [3.05, 3.63) is 12.7 Å². The Balaban J connectivity index is 0.000000293. The first-order chi connectivity index (χ1) is 7.74. The third-order valence-corrected chi connectivity index (χ3v) is 1.45. The molecule has 94 valence electrons. The van der Waals surface area contributed by atoms with Gasteiger partial charge in [0, 0.05) is 6.08 Å². The summed E-state index contributed by atoms with van der Waals surface area (Å²) in [5.41, 5.74) is 0. The lowest BCUT2D eigenvalue weighted by Crippen LogP contribution is -2.06. The van der Waals surface area contributed by atoms with E-state index in [9.17, 15) is 4.79 Å². The Morgan fingerprint density at radius 1 is 1.44 bits per heavy atom. The second-order valence-electron chi connectivity index (χ2n) is 2.85. The number of esters is 1. The molecule has 6 nitrogen and oxygen atoms in total. The molecule has 0 amide bonds. The van der Waals surface area contributed by atoms with Crippen molar-refractivity contribution in [1.29, 1.82) is 0 Å². The summed E-state index contributed by atoms with van der Waals surface area (Å²) in [5, 5.41) is 16.2. The Morgan fingerprint density at radius 3 is 2.38 bits per heavy atom. The van der Waals surface area contributed by atoms with E-state index in [1.54, 1.807) is 0 Å². The fraction of sp³-hybridized carbons (Fsp3) is 0.700. The van der Waals surface area contributed by atoms with Gasteiger partial charge in [0.05, 0.1) is 33.0 Å². The predicted molar refractivity (Wildman–Crippen MR) is 55.9 cm³/mol. The summed E-state index contributed by atoms with van der Waals surface area (Å²) in [6.45, 7) is 5.02. The summed E-state index contributed by atoms with van der Waals surface area (Å²) in [7, 11) is 0. The number of epoxide rings is 1. The van der Waals surface area contributed by atoms with Crippen LogP contribution in [0.15, 0.2) is 12.7 Å². The maximum absolute atomic E-state index is 10.3. The van der Waals surface area contributed by atoms with Crippen LogP contribution >= 0.6 is 0 Å². The Labute approximate surface area is 94.4 Å². The van der Waals surface area contributed by atoms with Gasteiger partial charge in [-0.2, -0.15) is 0 Å². The van der Waals surface area contributed by atoms with Crippen molar-refractivity contribution < 1.29 is 29.2 Å². The summed E-state index contributed by atoms with van der Waals surface area (Å²) in [6.07, 6.45) is 1.29. The van der Waals surface area contributed by atoms with Crippen molar-refractivity contribution in [2.45, 2.75) is 6.10 Å². The van der Waals surface area contributed by atoms with Crippen LogP contribution in [0.2, 0.25) is 0 Å². The number of aliphatic hydroxyl groups is 2. The maximum atomic E-state index is 10.3. The van der Waals surface area contributed by atoms with Crippen LogP contribution in [0.4, 0.5) is 0 Å². The molecule has 1 aliphatic heterocycles. The molecule has 0 radical (unpaired) electrons. The van der Waals surface area contributed by atoms with E-state index in [0.29, 0.717) is 26.4 Å². The van der Waals surface area contributed by atoms with E-state index in [2.05, 4.69) is 16.1 Å². The SMILES string of the molecule is C=CC(=O)OCC1CO1.OCCOCCO. The maximum Gasteiger partial charge on any atom is 0.330 e. The fourth-order valence-corrected chi connectivity index (χ4v) is 0.629.